The first-order chi connectivity index (χ1) is 12.4. The molecule has 1 aliphatic rings. The van der Waals surface area contributed by atoms with Crippen LogP contribution in [0, 0.1) is 0 Å². The van der Waals surface area contributed by atoms with E-state index in [0.29, 0.717) is 13.2 Å². The molecule has 0 bridgehead atoms. The van der Waals surface area contributed by atoms with Crippen LogP contribution in [0.2, 0.25) is 14.8 Å². The summed E-state index contributed by atoms with van der Waals surface area (Å²) in [6.07, 6.45) is 4.37. The predicted octanol–water partition coefficient (Wildman–Crippen LogP) is 3.42. The van der Waals surface area contributed by atoms with Crippen molar-refractivity contribution in [2.24, 2.45) is 0 Å². The van der Waals surface area contributed by atoms with Crippen molar-refractivity contribution < 1.29 is 14.3 Å². The average molecular weight is 461 g/mol. The van der Waals surface area contributed by atoms with E-state index in [1.54, 1.807) is 11.1 Å². The summed E-state index contributed by atoms with van der Waals surface area (Å²) in [6.45, 7) is 1.50. The number of hydrogen-bond donors (Lipinski definition) is 0. The number of hydrogen-bond acceptors (Lipinski definition) is 4. The molecule has 138 valence electrons. The van der Waals surface area contributed by atoms with Gasteiger partial charge in [-0.1, -0.05) is 18.2 Å². The zero-order valence-corrected chi connectivity index (χ0v) is 18.5. The standard InChI is InChI=1S/C17H17N2O3.3CH3.Sn/c20-17(22-12-14-5-2-1-3-6-14)19-10-8-15(19)13-21-16-7-4-9-18-11-16;;;;/h1-3,5-7,9,11,15H,8,10,12-13H2;3*1H3;/t15-;;;;/m0..../s1. The summed E-state index contributed by atoms with van der Waals surface area (Å²) in [7, 11) is 0. The zero-order valence-electron chi connectivity index (χ0n) is 15.6. The van der Waals surface area contributed by atoms with E-state index in [-0.39, 0.29) is 12.1 Å². The maximum atomic E-state index is 12.3. The van der Waals surface area contributed by atoms with Gasteiger partial charge in [-0.05, 0) is 0 Å². The Kier molecular flexibility index (Phi) is 6.06. The summed E-state index contributed by atoms with van der Waals surface area (Å²) in [5.41, 5.74) is 0.991. The van der Waals surface area contributed by atoms with Gasteiger partial charge in [-0.25, -0.2) is 0 Å². The van der Waals surface area contributed by atoms with E-state index in [1.807, 2.05) is 36.5 Å². The summed E-state index contributed by atoms with van der Waals surface area (Å²) in [5, 5.41) is 0. The molecular formula is C20H26N2O3Sn. The van der Waals surface area contributed by atoms with E-state index in [4.69, 9.17) is 9.47 Å². The molecule has 1 aromatic heterocycles. The molecule has 6 heteroatoms. The third-order valence-corrected chi connectivity index (χ3v) is 10.3. The monoisotopic (exact) mass is 462 g/mol. The van der Waals surface area contributed by atoms with Gasteiger partial charge in [0.1, 0.15) is 0 Å². The molecule has 0 saturated carbocycles. The van der Waals surface area contributed by atoms with Crippen molar-refractivity contribution in [1.29, 1.82) is 0 Å². The molecule has 1 saturated heterocycles. The maximum absolute atomic E-state index is 12.3. The number of ether oxygens (including phenoxy) is 2. The van der Waals surface area contributed by atoms with Crippen molar-refractivity contribution in [2.75, 3.05) is 13.2 Å². The number of aromatic nitrogens is 1. The second-order valence-electron chi connectivity index (χ2n) is 7.65. The van der Waals surface area contributed by atoms with Gasteiger partial charge >= 0.3 is 141 Å². The Bertz CT molecular complexity index is 746. The normalized spacial score (nSPS) is 16.7. The number of likely N-dealkylation sites (tertiary alicyclic amines) is 1. The van der Waals surface area contributed by atoms with Gasteiger partial charge in [0, 0.05) is 0 Å². The first-order valence-corrected chi connectivity index (χ1v) is 19.0. The molecule has 2 aromatic rings. The summed E-state index contributed by atoms with van der Waals surface area (Å²) >= 11 is -2.15. The summed E-state index contributed by atoms with van der Waals surface area (Å²) in [5.74, 6) is 0.790. The Morgan fingerprint density at radius 3 is 2.65 bits per heavy atom. The Labute approximate surface area is 159 Å². The Hall–Kier alpha value is -1.76. The van der Waals surface area contributed by atoms with Gasteiger partial charge in [0.2, 0.25) is 0 Å². The summed E-state index contributed by atoms with van der Waals surface area (Å²) < 4.78 is 12.7. The summed E-state index contributed by atoms with van der Waals surface area (Å²) in [6, 6.07) is 11.9. The molecule has 0 unspecified atom stereocenters. The van der Waals surface area contributed by atoms with Gasteiger partial charge in [-0.3, -0.25) is 0 Å². The van der Waals surface area contributed by atoms with Gasteiger partial charge in [-0.2, -0.15) is 0 Å². The van der Waals surface area contributed by atoms with Crippen molar-refractivity contribution in [3.63, 3.8) is 0 Å². The van der Waals surface area contributed by atoms with Crippen molar-refractivity contribution in [1.82, 2.24) is 9.88 Å². The van der Waals surface area contributed by atoms with Crippen LogP contribution in [0.15, 0.2) is 48.8 Å². The number of amides is 1. The van der Waals surface area contributed by atoms with Crippen LogP contribution in [-0.2, 0) is 11.3 Å². The minimum atomic E-state index is -2.15. The fourth-order valence-corrected chi connectivity index (χ4v) is 5.72. The first kappa shape index (κ1) is 19.0. The van der Waals surface area contributed by atoms with Crippen LogP contribution in [0.4, 0.5) is 4.79 Å². The molecule has 1 amide bonds. The fraction of sp³-hybridized carbons (Fsp3) is 0.400. The van der Waals surface area contributed by atoms with Crippen LogP contribution in [-0.4, -0.2) is 53.5 Å². The van der Waals surface area contributed by atoms with Crippen LogP contribution in [0.1, 0.15) is 12.0 Å². The molecule has 1 atom stereocenters. The van der Waals surface area contributed by atoms with Crippen LogP contribution < -0.4 is 8.32 Å². The van der Waals surface area contributed by atoms with Gasteiger partial charge in [0.25, 0.3) is 0 Å². The number of benzene rings is 1. The van der Waals surface area contributed by atoms with E-state index in [1.165, 1.54) is 3.58 Å². The number of carbonyl (C=O) groups excluding carboxylic acids is 1. The van der Waals surface area contributed by atoms with E-state index in [0.717, 1.165) is 24.3 Å². The first-order valence-electron chi connectivity index (χ1n) is 8.99. The molecule has 26 heavy (non-hydrogen) atoms. The SMILES string of the molecule is [CH3][Sn]([CH3])([CH3])[c]1cncc(OC[C@@H]2CCN2C(=O)OCc2ccccc2)c1. The van der Waals surface area contributed by atoms with Gasteiger partial charge in [-0.15, -0.1) is 0 Å². The molecule has 0 radical (unpaired) electrons. The molecule has 3 rings (SSSR count). The topological polar surface area (TPSA) is 51.7 Å². The van der Waals surface area contributed by atoms with Crippen LogP contribution in [0.25, 0.3) is 0 Å². The molecule has 0 spiro atoms. The number of rotatable bonds is 6. The van der Waals surface area contributed by atoms with Crippen molar-refractivity contribution >= 4 is 28.0 Å². The molecule has 5 nitrogen and oxygen atoms in total. The van der Waals surface area contributed by atoms with Crippen LogP contribution >= 0.6 is 0 Å². The molecular weight excluding hydrogens is 435 g/mol. The third kappa shape index (κ3) is 4.90. The van der Waals surface area contributed by atoms with Crippen LogP contribution in [0.3, 0.4) is 0 Å². The van der Waals surface area contributed by atoms with Crippen molar-refractivity contribution in [3.05, 3.63) is 54.4 Å². The van der Waals surface area contributed by atoms with Gasteiger partial charge < -0.3 is 0 Å². The predicted molar refractivity (Wildman–Crippen MR) is 104 cm³/mol. The molecule has 2 heterocycles. The van der Waals surface area contributed by atoms with Crippen LogP contribution in [0.5, 0.6) is 5.75 Å². The fourth-order valence-electron chi connectivity index (χ4n) is 2.76. The van der Waals surface area contributed by atoms with E-state index in [9.17, 15) is 4.79 Å². The molecule has 1 aromatic carbocycles. The quantitative estimate of drug-likeness (QED) is 0.620. The Morgan fingerprint density at radius 1 is 1.23 bits per heavy atom. The number of nitrogens with zero attached hydrogens (tertiary/aromatic N) is 2. The third-order valence-electron chi connectivity index (χ3n) is 4.61. The van der Waals surface area contributed by atoms with E-state index in [2.05, 4.69) is 25.9 Å². The van der Waals surface area contributed by atoms with E-state index < -0.39 is 18.4 Å². The number of pyridine rings is 1. The molecule has 0 N–H and O–H groups in total. The molecule has 1 aliphatic heterocycles. The molecule has 0 aliphatic carbocycles. The minimum absolute atomic E-state index is 0.0695. The second kappa shape index (κ2) is 8.29. The Morgan fingerprint density at radius 2 is 2.00 bits per heavy atom. The van der Waals surface area contributed by atoms with Gasteiger partial charge in [0.05, 0.1) is 0 Å². The van der Waals surface area contributed by atoms with E-state index >= 15 is 0 Å². The summed E-state index contributed by atoms with van der Waals surface area (Å²) in [4.78, 5) is 25.4. The van der Waals surface area contributed by atoms with Crippen molar-refractivity contribution in [2.45, 2.75) is 33.9 Å². The second-order valence-corrected chi connectivity index (χ2v) is 22.1. The van der Waals surface area contributed by atoms with Gasteiger partial charge in [0.15, 0.2) is 0 Å². The zero-order chi connectivity index (χ0) is 18.6. The van der Waals surface area contributed by atoms with Crippen molar-refractivity contribution in [3.8, 4) is 5.75 Å². The number of carbonyl (C=O) groups is 1. The molecule has 1 fully saturated rings. The Balaban J connectivity index is 1.49. The average Bonchev–Trinajstić information content (AvgIpc) is 2.60.